The Kier molecular flexibility index (Phi) is 3.90. The normalized spacial score (nSPS) is 10.4. The molecule has 94 valence electrons. The van der Waals surface area contributed by atoms with Crippen molar-refractivity contribution in [3.63, 3.8) is 0 Å². The van der Waals surface area contributed by atoms with E-state index in [1.165, 1.54) is 18.4 Å². The summed E-state index contributed by atoms with van der Waals surface area (Å²) in [5.41, 5.74) is 0.958. The average Bonchev–Trinajstić information content (AvgIpc) is 2.73. The van der Waals surface area contributed by atoms with Gasteiger partial charge in [-0.25, -0.2) is 9.78 Å². The van der Waals surface area contributed by atoms with Gasteiger partial charge in [0.05, 0.1) is 17.0 Å². The maximum absolute atomic E-state index is 11.7. The van der Waals surface area contributed by atoms with E-state index in [4.69, 9.17) is 27.9 Å². The fourth-order valence-electron chi connectivity index (χ4n) is 1.52. The van der Waals surface area contributed by atoms with Crippen molar-refractivity contribution in [1.29, 1.82) is 0 Å². The van der Waals surface area contributed by atoms with Crippen LogP contribution in [0.5, 0.6) is 0 Å². The summed E-state index contributed by atoms with van der Waals surface area (Å²) < 4.78 is 4.71. The van der Waals surface area contributed by atoms with Crippen molar-refractivity contribution >= 4 is 40.5 Å². The van der Waals surface area contributed by atoms with E-state index >= 15 is 0 Å². The Labute approximate surface area is 118 Å². The lowest BCUT2D eigenvalue weighted by molar-refractivity contribution is 0.0595. The molecule has 1 aromatic carbocycles. The second-order valence-electron chi connectivity index (χ2n) is 3.53. The molecule has 0 fully saturated rings. The van der Waals surface area contributed by atoms with Gasteiger partial charge in [-0.1, -0.05) is 23.2 Å². The van der Waals surface area contributed by atoms with Crippen LogP contribution in [0, 0.1) is 6.92 Å². The molecule has 6 heteroatoms. The number of halogens is 2. The van der Waals surface area contributed by atoms with Gasteiger partial charge >= 0.3 is 5.97 Å². The van der Waals surface area contributed by atoms with E-state index in [0.717, 1.165) is 5.01 Å². The number of methoxy groups -OCH3 is 1. The molecule has 3 nitrogen and oxygen atoms in total. The average molecular weight is 302 g/mol. The molecule has 0 bridgehead atoms. The first-order valence-electron chi connectivity index (χ1n) is 5.04. The number of hydrogen-bond acceptors (Lipinski definition) is 4. The SMILES string of the molecule is COC(=O)c1nc(C)sc1-c1cc(Cl)ccc1Cl. The summed E-state index contributed by atoms with van der Waals surface area (Å²) in [6.45, 7) is 1.82. The molecule has 0 aliphatic rings. The quantitative estimate of drug-likeness (QED) is 0.780. The lowest BCUT2D eigenvalue weighted by Gasteiger charge is -2.04. The molecule has 0 saturated heterocycles. The summed E-state index contributed by atoms with van der Waals surface area (Å²) in [7, 11) is 1.32. The third-order valence-corrected chi connectivity index (χ3v) is 3.85. The molecule has 0 spiro atoms. The molecule has 2 rings (SSSR count). The summed E-state index contributed by atoms with van der Waals surface area (Å²) in [5, 5.41) is 1.84. The van der Waals surface area contributed by atoms with Crippen molar-refractivity contribution < 1.29 is 9.53 Å². The van der Waals surface area contributed by atoms with E-state index in [9.17, 15) is 4.79 Å². The number of rotatable bonds is 2. The van der Waals surface area contributed by atoms with E-state index in [-0.39, 0.29) is 5.69 Å². The zero-order valence-corrected chi connectivity index (χ0v) is 12.0. The summed E-state index contributed by atoms with van der Waals surface area (Å²) in [4.78, 5) is 16.5. The van der Waals surface area contributed by atoms with Gasteiger partial charge in [-0.2, -0.15) is 0 Å². The largest absolute Gasteiger partial charge is 0.464 e. The molecule has 1 aromatic heterocycles. The van der Waals surface area contributed by atoms with Crippen molar-refractivity contribution in [2.24, 2.45) is 0 Å². The van der Waals surface area contributed by atoms with Crippen LogP contribution in [-0.2, 0) is 4.74 Å². The lowest BCUT2D eigenvalue weighted by atomic mass is 10.1. The summed E-state index contributed by atoms with van der Waals surface area (Å²) >= 11 is 13.5. The zero-order chi connectivity index (χ0) is 13.3. The highest BCUT2D eigenvalue weighted by Gasteiger charge is 2.20. The van der Waals surface area contributed by atoms with Crippen LogP contribution in [0.1, 0.15) is 15.5 Å². The first kappa shape index (κ1) is 13.3. The molecule has 0 aliphatic carbocycles. The third kappa shape index (κ3) is 2.51. The Balaban J connectivity index is 2.63. The first-order chi connectivity index (χ1) is 8.52. The van der Waals surface area contributed by atoms with E-state index in [0.29, 0.717) is 20.5 Å². The number of aryl methyl sites for hydroxylation is 1. The van der Waals surface area contributed by atoms with Crippen LogP contribution in [0.25, 0.3) is 10.4 Å². The van der Waals surface area contributed by atoms with Gasteiger partial charge in [0, 0.05) is 15.6 Å². The number of ether oxygens (including phenoxy) is 1. The second kappa shape index (κ2) is 5.26. The van der Waals surface area contributed by atoms with Gasteiger partial charge in [-0.3, -0.25) is 0 Å². The number of carbonyl (C=O) groups is 1. The van der Waals surface area contributed by atoms with Crippen LogP contribution in [-0.4, -0.2) is 18.1 Å². The van der Waals surface area contributed by atoms with Crippen LogP contribution in [0.3, 0.4) is 0 Å². The molecule has 2 aromatic rings. The Morgan fingerprint density at radius 2 is 2.11 bits per heavy atom. The highest BCUT2D eigenvalue weighted by atomic mass is 35.5. The number of thiazole rings is 1. The Morgan fingerprint density at radius 1 is 1.39 bits per heavy atom. The van der Waals surface area contributed by atoms with Crippen molar-refractivity contribution in [3.8, 4) is 10.4 Å². The number of hydrogen-bond donors (Lipinski definition) is 0. The number of nitrogens with zero attached hydrogens (tertiary/aromatic N) is 1. The molecule has 0 radical (unpaired) electrons. The Morgan fingerprint density at radius 3 is 2.78 bits per heavy atom. The molecule has 0 unspecified atom stereocenters. The molecule has 0 saturated carbocycles. The number of aromatic nitrogens is 1. The van der Waals surface area contributed by atoms with Crippen LogP contribution >= 0.6 is 34.5 Å². The topological polar surface area (TPSA) is 39.2 Å². The minimum Gasteiger partial charge on any atom is -0.464 e. The van der Waals surface area contributed by atoms with Crippen molar-refractivity contribution in [1.82, 2.24) is 4.98 Å². The fourth-order valence-corrected chi connectivity index (χ4v) is 2.89. The maximum Gasteiger partial charge on any atom is 0.358 e. The molecule has 18 heavy (non-hydrogen) atoms. The monoisotopic (exact) mass is 301 g/mol. The van der Waals surface area contributed by atoms with Crippen LogP contribution < -0.4 is 0 Å². The fraction of sp³-hybridized carbons (Fsp3) is 0.167. The van der Waals surface area contributed by atoms with Crippen molar-refractivity contribution in [2.45, 2.75) is 6.92 Å². The van der Waals surface area contributed by atoms with Gasteiger partial charge in [0.25, 0.3) is 0 Å². The van der Waals surface area contributed by atoms with Crippen molar-refractivity contribution in [3.05, 3.63) is 38.9 Å². The van der Waals surface area contributed by atoms with Gasteiger partial charge in [0.1, 0.15) is 0 Å². The number of carbonyl (C=O) groups excluding carboxylic acids is 1. The van der Waals surface area contributed by atoms with Gasteiger partial charge < -0.3 is 4.74 Å². The number of benzene rings is 1. The zero-order valence-electron chi connectivity index (χ0n) is 9.66. The van der Waals surface area contributed by atoms with Gasteiger partial charge in [-0.15, -0.1) is 11.3 Å². The molecule has 0 N–H and O–H groups in total. The molecular formula is C12H9Cl2NO2S. The molecule has 0 aliphatic heterocycles. The van der Waals surface area contributed by atoms with E-state index < -0.39 is 5.97 Å². The molecule has 0 atom stereocenters. The standard InChI is InChI=1S/C12H9Cl2NO2S/c1-6-15-10(12(16)17-2)11(18-6)8-5-7(13)3-4-9(8)14/h3-5H,1-2H3. The predicted molar refractivity (Wildman–Crippen MR) is 73.6 cm³/mol. The number of esters is 1. The Bertz CT molecular complexity index is 610. The van der Waals surface area contributed by atoms with Crippen molar-refractivity contribution in [2.75, 3.05) is 7.11 Å². The van der Waals surface area contributed by atoms with E-state index in [1.54, 1.807) is 18.2 Å². The third-order valence-electron chi connectivity index (χ3n) is 2.29. The molecular weight excluding hydrogens is 293 g/mol. The van der Waals surface area contributed by atoms with Gasteiger partial charge in [-0.05, 0) is 25.1 Å². The van der Waals surface area contributed by atoms with Gasteiger partial charge in [0.15, 0.2) is 5.69 Å². The molecule has 0 amide bonds. The lowest BCUT2D eigenvalue weighted by Crippen LogP contribution is -2.03. The van der Waals surface area contributed by atoms with Crippen LogP contribution in [0.4, 0.5) is 0 Å². The Hall–Kier alpha value is -1.10. The summed E-state index contributed by atoms with van der Waals surface area (Å²) in [6.07, 6.45) is 0. The van der Waals surface area contributed by atoms with Crippen LogP contribution in [0.2, 0.25) is 10.0 Å². The highest BCUT2D eigenvalue weighted by Crippen LogP contribution is 2.36. The summed E-state index contributed by atoms with van der Waals surface area (Å²) in [6, 6.07) is 5.09. The summed E-state index contributed by atoms with van der Waals surface area (Å²) in [5.74, 6) is -0.481. The predicted octanol–water partition coefficient (Wildman–Crippen LogP) is 4.21. The maximum atomic E-state index is 11.7. The minimum atomic E-state index is -0.481. The highest BCUT2D eigenvalue weighted by molar-refractivity contribution is 7.15. The van der Waals surface area contributed by atoms with E-state index in [1.807, 2.05) is 6.92 Å². The van der Waals surface area contributed by atoms with E-state index in [2.05, 4.69) is 4.98 Å². The molecule has 1 heterocycles. The smallest absolute Gasteiger partial charge is 0.358 e. The minimum absolute atomic E-state index is 0.268. The van der Waals surface area contributed by atoms with Crippen LogP contribution in [0.15, 0.2) is 18.2 Å². The van der Waals surface area contributed by atoms with Gasteiger partial charge in [0.2, 0.25) is 0 Å². The second-order valence-corrected chi connectivity index (χ2v) is 5.57. The first-order valence-corrected chi connectivity index (χ1v) is 6.61.